The summed E-state index contributed by atoms with van der Waals surface area (Å²) in [6.45, 7) is 1.76. The molecule has 1 atom stereocenters. The van der Waals surface area contributed by atoms with Crippen LogP contribution in [0, 0.1) is 0 Å². The molecular weight excluding hydrogens is 459 g/mol. The molecule has 1 unspecified atom stereocenters. The van der Waals surface area contributed by atoms with Crippen molar-refractivity contribution in [3.8, 4) is 0 Å². The lowest BCUT2D eigenvalue weighted by Gasteiger charge is -2.22. The normalized spacial score (nSPS) is 15.8. The molecule has 2 aromatic heterocycles. The van der Waals surface area contributed by atoms with Crippen LogP contribution in [0.5, 0.6) is 0 Å². The van der Waals surface area contributed by atoms with E-state index in [1.165, 1.54) is 6.20 Å². The number of nitrogens with zero attached hydrogens (tertiary/aromatic N) is 3. The Morgan fingerprint density at radius 3 is 2.68 bits per heavy atom. The van der Waals surface area contributed by atoms with Crippen molar-refractivity contribution in [2.24, 2.45) is 0 Å². The minimum absolute atomic E-state index is 0.115. The number of piperidine rings is 1. The number of nitrogens with one attached hydrogen (secondary N) is 4. The number of aromatic nitrogens is 4. The molecule has 5 N–H and O–H groups in total. The first kappa shape index (κ1) is 24.7. The predicted octanol–water partition coefficient (Wildman–Crippen LogP) is 1.69. The average molecular weight is 481 g/mol. The summed E-state index contributed by atoms with van der Waals surface area (Å²) in [5.74, 6) is -3.37. The van der Waals surface area contributed by atoms with Gasteiger partial charge in [-0.1, -0.05) is 0 Å². The number of fused-ring (bicyclic) bond motifs is 1. The van der Waals surface area contributed by atoms with E-state index >= 15 is 0 Å². The number of aliphatic carboxylic acids is 1. The van der Waals surface area contributed by atoms with Crippen LogP contribution in [0.3, 0.4) is 0 Å². The van der Waals surface area contributed by atoms with Crippen molar-refractivity contribution >= 4 is 34.4 Å². The number of anilines is 1. The lowest BCUT2D eigenvalue weighted by atomic mass is 10.1. The molecule has 1 aromatic carbocycles. The number of carbonyl (C=O) groups excluding carboxylic acids is 2. The van der Waals surface area contributed by atoms with Crippen molar-refractivity contribution in [1.82, 2.24) is 30.6 Å². The second kappa shape index (κ2) is 10.8. The molecule has 1 aliphatic heterocycles. The molecule has 0 radical (unpaired) electrons. The van der Waals surface area contributed by atoms with Crippen LogP contribution >= 0.6 is 0 Å². The summed E-state index contributed by atoms with van der Waals surface area (Å²) in [7, 11) is 0. The van der Waals surface area contributed by atoms with Crippen molar-refractivity contribution < 1.29 is 32.7 Å². The minimum atomic E-state index is -5.08. The molecule has 0 aliphatic carbocycles. The van der Waals surface area contributed by atoms with E-state index in [1.54, 1.807) is 24.5 Å². The quantitative estimate of drug-likeness (QED) is 0.372. The SMILES string of the molecule is O=C(CNC(=O)c1cnn(C2CCCNC2)c1)Nc1ccc2cn[nH]c2c1.O=C(O)C(F)(F)F. The molecule has 3 heterocycles. The van der Waals surface area contributed by atoms with Crippen LogP contribution in [0.25, 0.3) is 10.9 Å². The van der Waals surface area contributed by atoms with Gasteiger partial charge in [-0.25, -0.2) is 4.79 Å². The largest absolute Gasteiger partial charge is 0.490 e. The molecule has 11 nitrogen and oxygen atoms in total. The van der Waals surface area contributed by atoms with Crippen LogP contribution in [0.4, 0.5) is 18.9 Å². The maximum absolute atomic E-state index is 12.3. The summed E-state index contributed by atoms with van der Waals surface area (Å²) < 4.78 is 33.6. The van der Waals surface area contributed by atoms with Crippen molar-refractivity contribution in [1.29, 1.82) is 0 Å². The summed E-state index contributed by atoms with van der Waals surface area (Å²) in [5.41, 5.74) is 1.93. The maximum Gasteiger partial charge on any atom is 0.490 e. The van der Waals surface area contributed by atoms with Gasteiger partial charge in [0, 0.05) is 23.8 Å². The van der Waals surface area contributed by atoms with Gasteiger partial charge in [-0.3, -0.25) is 19.4 Å². The highest BCUT2D eigenvalue weighted by Crippen LogP contribution is 2.17. The highest BCUT2D eigenvalue weighted by atomic mass is 19.4. The van der Waals surface area contributed by atoms with Crippen LogP contribution in [-0.4, -0.2) is 68.7 Å². The zero-order valence-corrected chi connectivity index (χ0v) is 17.7. The van der Waals surface area contributed by atoms with Crippen LogP contribution in [0.2, 0.25) is 0 Å². The molecule has 2 amide bonds. The van der Waals surface area contributed by atoms with Crippen molar-refractivity contribution in [3.63, 3.8) is 0 Å². The van der Waals surface area contributed by atoms with Gasteiger partial charge in [0.15, 0.2) is 0 Å². The number of H-pyrrole nitrogens is 1. The summed E-state index contributed by atoms with van der Waals surface area (Å²) in [6, 6.07) is 5.71. The fraction of sp³-hybridized carbons (Fsp3) is 0.350. The van der Waals surface area contributed by atoms with E-state index in [4.69, 9.17) is 9.90 Å². The van der Waals surface area contributed by atoms with E-state index in [9.17, 15) is 22.8 Å². The fourth-order valence-electron chi connectivity index (χ4n) is 3.20. The Balaban J connectivity index is 0.000000406. The molecule has 0 saturated carbocycles. The summed E-state index contributed by atoms with van der Waals surface area (Å²) in [4.78, 5) is 33.3. The van der Waals surface area contributed by atoms with Crippen LogP contribution in [0.15, 0.2) is 36.8 Å². The Labute approximate surface area is 190 Å². The third-order valence-corrected chi connectivity index (χ3v) is 4.89. The highest BCUT2D eigenvalue weighted by molar-refractivity contribution is 5.99. The second-order valence-electron chi connectivity index (χ2n) is 7.41. The number of benzene rings is 1. The summed E-state index contributed by atoms with van der Waals surface area (Å²) in [5, 5.41) is 27.9. The van der Waals surface area contributed by atoms with Gasteiger partial charge in [0.25, 0.3) is 5.91 Å². The average Bonchev–Trinajstić information content (AvgIpc) is 3.47. The number of hydrogen-bond donors (Lipinski definition) is 5. The van der Waals surface area contributed by atoms with Gasteiger partial charge in [0.2, 0.25) is 5.91 Å². The number of halogens is 3. The van der Waals surface area contributed by atoms with Crippen LogP contribution in [0.1, 0.15) is 29.2 Å². The first-order valence-electron chi connectivity index (χ1n) is 10.2. The molecular formula is C20H22F3N7O4. The monoisotopic (exact) mass is 481 g/mol. The molecule has 14 heteroatoms. The number of carboxylic acid groups (broad SMARTS) is 1. The summed E-state index contributed by atoms with van der Waals surface area (Å²) in [6.07, 6.45) is 2.03. The van der Waals surface area contributed by atoms with E-state index < -0.39 is 12.1 Å². The standard InChI is InChI=1S/C18H21N7O2.C2HF3O2/c26-17(23-14-4-3-12-7-21-24-16(12)6-14)10-20-18(27)13-8-22-25(11-13)15-2-1-5-19-9-15;3-2(4,5)1(6)7/h3-4,6-8,11,15,19H,1-2,5,9-10H2,(H,20,27)(H,21,24)(H,23,26);(H,6,7). The minimum Gasteiger partial charge on any atom is -0.475 e. The lowest BCUT2D eigenvalue weighted by Crippen LogP contribution is -2.33. The Morgan fingerprint density at radius 2 is 2.00 bits per heavy atom. The van der Waals surface area contributed by atoms with Gasteiger partial charge in [-0.15, -0.1) is 0 Å². The van der Waals surface area contributed by atoms with Gasteiger partial charge in [-0.2, -0.15) is 23.4 Å². The number of amides is 2. The van der Waals surface area contributed by atoms with E-state index in [2.05, 4.69) is 31.2 Å². The Kier molecular flexibility index (Phi) is 7.83. The van der Waals surface area contributed by atoms with Crippen molar-refractivity contribution in [2.75, 3.05) is 25.0 Å². The fourth-order valence-corrected chi connectivity index (χ4v) is 3.20. The Morgan fingerprint density at radius 1 is 1.24 bits per heavy atom. The molecule has 1 aliphatic rings. The summed E-state index contributed by atoms with van der Waals surface area (Å²) >= 11 is 0. The number of hydrogen-bond acceptors (Lipinski definition) is 6. The van der Waals surface area contributed by atoms with Crippen molar-refractivity contribution in [3.05, 3.63) is 42.4 Å². The highest BCUT2D eigenvalue weighted by Gasteiger charge is 2.38. The van der Waals surface area contributed by atoms with E-state index in [0.717, 1.165) is 36.8 Å². The van der Waals surface area contributed by atoms with Gasteiger partial charge in [-0.05, 0) is 37.6 Å². The molecule has 0 spiro atoms. The van der Waals surface area contributed by atoms with Gasteiger partial charge < -0.3 is 21.1 Å². The molecule has 3 aromatic rings. The molecule has 4 rings (SSSR count). The smallest absolute Gasteiger partial charge is 0.475 e. The molecule has 34 heavy (non-hydrogen) atoms. The number of alkyl halides is 3. The predicted molar refractivity (Wildman–Crippen MR) is 114 cm³/mol. The topological polar surface area (TPSA) is 154 Å². The van der Waals surface area contributed by atoms with E-state index in [0.29, 0.717) is 11.3 Å². The molecule has 182 valence electrons. The van der Waals surface area contributed by atoms with Gasteiger partial charge in [0.05, 0.1) is 36.1 Å². The first-order valence-corrected chi connectivity index (χ1v) is 10.2. The second-order valence-corrected chi connectivity index (χ2v) is 7.41. The van der Waals surface area contributed by atoms with Crippen LogP contribution in [-0.2, 0) is 9.59 Å². The number of carboxylic acids is 1. The van der Waals surface area contributed by atoms with Gasteiger partial charge in [0.1, 0.15) is 0 Å². The number of carbonyl (C=O) groups is 3. The molecule has 1 fully saturated rings. The zero-order valence-electron chi connectivity index (χ0n) is 17.7. The third kappa shape index (κ3) is 6.78. The maximum atomic E-state index is 12.3. The van der Waals surface area contributed by atoms with Gasteiger partial charge >= 0.3 is 12.1 Å². The van der Waals surface area contributed by atoms with Crippen molar-refractivity contribution in [2.45, 2.75) is 25.1 Å². The lowest BCUT2D eigenvalue weighted by molar-refractivity contribution is -0.192. The van der Waals surface area contributed by atoms with E-state index in [-0.39, 0.29) is 24.4 Å². The number of aromatic amines is 1. The Bertz CT molecular complexity index is 1150. The third-order valence-electron chi connectivity index (χ3n) is 4.89. The molecule has 0 bridgehead atoms. The molecule has 1 saturated heterocycles. The van der Waals surface area contributed by atoms with Crippen LogP contribution < -0.4 is 16.0 Å². The number of rotatable bonds is 5. The van der Waals surface area contributed by atoms with E-state index in [1.807, 2.05) is 10.7 Å². The first-order chi connectivity index (χ1) is 16.1. The zero-order chi connectivity index (χ0) is 24.7. The Hall–Kier alpha value is -3.94.